The molecule has 36 heavy (non-hydrogen) atoms. The van der Waals surface area contributed by atoms with Crippen LogP contribution >= 0.6 is 0 Å². The zero-order valence-corrected chi connectivity index (χ0v) is 19.1. The minimum absolute atomic E-state index is 0.0517. The zero-order valence-electron chi connectivity index (χ0n) is 19.1. The summed E-state index contributed by atoms with van der Waals surface area (Å²) in [6, 6.07) is 0.351. The van der Waals surface area contributed by atoms with Crippen molar-refractivity contribution in [3.63, 3.8) is 0 Å². The Kier molecular flexibility index (Phi) is 6.17. The molecule has 0 spiro atoms. The Morgan fingerprint density at radius 1 is 1.06 bits per heavy atom. The fourth-order valence-corrected chi connectivity index (χ4v) is 5.04. The van der Waals surface area contributed by atoms with Crippen LogP contribution in [0.3, 0.4) is 0 Å². The van der Waals surface area contributed by atoms with Gasteiger partial charge in [0, 0.05) is 43.0 Å². The number of nitrogens with zero attached hydrogens (tertiary/aromatic N) is 4. The van der Waals surface area contributed by atoms with E-state index in [1.165, 1.54) is 6.20 Å². The van der Waals surface area contributed by atoms with Gasteiger partial charge in [0.1, 0.15) is 17.0 Å². The number of hydrogen-bond acceptors (Lipinski definition) is 6. The van der Waals surface area contributed by atoms with Crippen molar-refractivity contribution < 1.29 is 26.7 Å². The topological polar surface area (TPSA) is 111 Å². The quantitative estimate of drug-likeness (QED) is 0.412. The third kappa shape index (κ3) is 4.78. The van der Waals surface area contributed by atoms with Crippen LogP contribution in [0, 0.1) is 23.4 Å². The lowest BCUT2D eigenvalue weighted by Crippen LogP contribution is -2.29. The fourth-order valence-electron chi connectivity index (χ4n) is 5.04. The summed E-state index contributed by atoms with van der Waals surface area (Å²) in [5.74, 6) is -6.58. The molecule has 2 aliphatic carbocycles. The molecule has 2 fully saturated rings. The van der Waals surface area contributed by atoms with Crippen molar-refractivity contribution >= 4 is 34.7 Å². The van der Waals surface area contributed by atoms with E-state index in [4.69, 9.17) is 5.73 Å². The van der Waals surface area contributed by atoms with Crippen molar-refractivity contribution in [3.8, 4) is 0 Å². The molecule has 0 unspecified atom stereocenters. The molecule has 2 saturated carbocycles. The van der Waals surface area contributed by atoms with Crippen LogP contribution < -0.4 is 16.4 Å². The summed E-state index contributed by atoms with van der Waals surface area (Å²) in [4.78, 5) is 24.7. The highest BCUT2D eigenvalue weighted by Crippen LogP contribution is 2.38. The van der Waals surface area contributed by atoms with Crippen molar-refractivity contribution in [2.75, 3.05) is 10.6 Å². The zero-order chi connectivity index (χ0) is 25.6. The number of alkyl halides is 2. The second-order valence-electron chi connectivity index (χ2n) is 9.43. The van der Waals surface area contributed by atoms with E-state index >= 15 is 0 Å². The standard InChI is InChI=1S/C23H24F5N7O/c24-12-7-15(25)18(16(26)8-12)33-22-32-17-10-30-21(31-13-5-6-23(27,28)9-13)34-20(17)35(22)14-3-1-11(2-4-14)19(29)36/h7-8,10-11,13-14H,1-6,9H2,(H2,29,36)(H,32,33)(H,30,31,34)/t11-,13-,14-/m0/s1. The first-order valence-corrected chi connectivity index (χ1v) is 11.7. The van der Waals surface area contributed by atoms with Crippen LogP contribution in [0.4, 0.5) is 39.5 Å². The molecule has 0 radical (unpaired) electrons. The van der Waals surface area contributed by atoms with Gasteiger partial charge in [-0.05, 0) is 32.1 Å². The van der Waals surface area contributed by atoms with Crippen molar-refractivity contribution in [1.29, 1.82) is 0 Å². The maximum absolute atomic E-state index is 14.4. The highest BCUT2D eigenvalue weighted by atomic mass is 19.3. The normalized spacial score (nSPS) is 23.6. The summed E-state index contributed by atoms with van der Waals surface area (Å²) in [6.07, 6.45) is 3.15. The Labute approximate surface area is 202 Å². The monoisotopic (exact) mass is 509 g/mol. The molecular formula is C23H24F5N7O. The number of imidazole rings is 1. The van der Waals surface area contributed by atoms with Gasteiger partial charge in [0.05, 0.1) is 6.20 Å². The SMILES string of the molecule is NC(=O)[C@H]1CC[C@H](n2c(Nc3c(F)cc(F)cc3F)nc3cnc(N[C@H]4CCC(F)(F)C4)nc32)CC1. The summed E-state index contributed by atoms with van der Waals surface area (Å²) < 4.78 is 71.1. The first-order valence-electron chi connectivity index (χ1n) is 11.7. The minimum atomic E-state index is -2.75. The number of nitrogens with two attached hydrogens (primary N) is 1. The number of hydrogen-bond donors (Lipinski definition) is 3. The molecule has 1 amide bonds. The Balaban J connectivity index is 1.52. The fraction of sp³-hybridized carbons (Fsp3) is 0.478. The van der Waals surface area contributed by atoms with Crippen molar-refractivity contribution in [1.82, 2.24) is 19.5 Å². The van der Waals surface area contributed by atoms with Crippen LogP contribution in [-0.4, -0.2) is 37.4 Å². The number of halogens is 5. The van der Waals surface area contributed by atoms with Crippen molar-refractivity contribution in [2.45, 2.75) is 63.0 Å². The van der Waals surface area contributed by atoms with E-state index in [0.29, 0.717) is 49.0 Å². The molecule has 1 aromatic carbocycles. The molecule has 0 bridgehead atoms. The lowest BCUT2D eigenvalue weighted by Gasteiger charge is -2.29. The van der Waals surface area contributed by atoms with E-state index in [2.05, 4.69) is 25.6 Å². The molecule has 1 atom stereocenters. The average Bonchev–Trinajstić information content (AvgIpc) is 3.34. The van der Waals surface area contributed by atoms with Crippen LogP contribution in [0.1, 0.15) is 51.0 Å². The summed E-state index contributed by atoms with van der Waals surface area (Å²) in [7, 11) is 0. The maximum Gasteiger partial charge on any atom is 0.250 e. The molecule has 2 heterocycles. The number of primary amides is 1. The Morgan fingerprint density at radius 2 is 1.75 bits per heavy atom. The van der Waals surface area contributed by atoms with Gasteiger partial charge in [0.15, 0.2) is 17.3 Å². The third-order valence-corrected chi connectivity index (χ3v) is 6.88. The third-order valence-electron chi connectivity index (χ3n) is 6.88. The number of rotatable bonds is 6. The minimum Gasteiger partial charge on any atom is -0.369 e. The van der Waals surface area contributed by atoms with E-state index in [0.717, 1.165) is 0 Å². The molecule has 0 saturated heterocycles. The van der Waals surface area contributed by atoms with Gasteiger partial charge in [0.25, 0.3) is 0 Å². The number of carbonyl (C=O) groups is 1. The first kappa shape index (κ1) is 24.2. The molecule has 192 valence electrons. The number of nitrogens with one attached hydrogen (secondary N) is 2. The molecule has 3 aromatic rings. The molecule has 2 aromatic heterocycles. The second kappa shape index (κ2) is 9.17. The van der Waals surface area contributed by atoms with E-state index in [-0.39, 0.29) is 49.0 Å². The lowest BCUT2D eigenvalue weighted by atomic mass is 9.85. The molecule has 4 N–H and O–H groups in total. The van der Waals surface area contributed by atoms with Gasteiger partial charge in [-0.2, -0.15) is 4.98 Å². The number of benzene rings is 1. The lowest BCUT2D eigenvalue weighted by molar-refractivity contribution is -0.122. The summed E-state index contributed by atoms with van der Waals surface area (Å²) in [5, 5.41) is 5.55. The number of anilines is 3. The molecule has 5 rings (SSSR count). The van der Waals surface area contributed by atoms with E-state index < -0.39 is 35.1 Å². The summed E-state index contributed by atoms with van der Waals surface area (Å²) >= 11 is 0. The number of carbonyl (C=O) groups excluding carboxylic acids is 1. The van der Waals surface area contributed by atoms with Gasteiger partial charge in [-0.3, -0.25) is 9.36 Å². The van der Waals surface area contributed by atoms with Crippen LogP contribution in [0.15, 0.2) is 18.3 Å². The van der Waals surface area contributed by atoms with Gasteiger partial charge >= 0.3 is 0 Å². The molecule has 13 heteroatoms. The summed E-state index contributed by atoms with van der Waals surface area (Å²) in [6.45, 7) is 0. The number of amides is 1. The molecule has 2 aliphatic rings. The maximum atomic E-state index is 14.4. The predicted octanol–water partition coefficient (Wildman–Crippen LogP) is 4.80. The molecule has 8 nitrogen and oxygen atoms in total. The van der Waals surface area contributed by atoms with E-state index in [1.807, 2.05) is 0 Å². The molecule has 0 aliphatic heterocycles. The van der Waals surface area contributed by atoms with Crippen molar-refractivity contribution in [2.24, 2.45) is 11.7 Å². The highest BCUT2D eigenvalue weighted by molar-refractivity contribution is 5.78. The van der Waals surface area contributed by atoms with Crippen molar-refractivity contribution in [3.05, 3.63) is 35.8 Å². The summed E-state index contributed by atoms with van der Waals surface area (Å²) in [5.41, 5.74) is 5.49. The number of aromatic nitrogens is 4. The largest absolute Gasteiger partial charge is 0.369 e. The van der Waals surface area contributed by atoms with Gasteiger partial charge in [-0.1, -0.05) is 0 Å². The van der Waals surface area contributed by atoms with E-state index in [1.54, 1.807) is 4.57 Å². The smallest absolute Gasteiger partial charge is 0.250 e. The second-order valence-corrected chi connectivity index (χ2v) is 9.43. The Hall–Kier alpha value is -3.51. The van der Waals surface area contributed by atoms with Crippen LogP contribution in [0.2, 0.25) is 0 Å². The van der Waals surface area contributed by atoms with E-state index in [9.17, 15) is 26.7 Å². The highest BCUT2D eigenvalue weighted by Gasteiger charge is 2.39. The van der Waals surface area contributed by atoms with Gasteiger partial charge in [-0.25, -0.2) is 31.9 Å². The Morgan fingerprint density at radius 3 is 2.36 bits per heavy atom. The molecular weight excluding hydrogens is 485 g/mol. The Bertz CT molecular complexity index is 1280. The van der Waals surface area contributed by atoms with Crippen LogP contribution in [0.25, 0.3) is 11.2 Å². The van der Waals surface area contributed by atoms with Crippen LogP contribution in [0.5, 0.6) is 0 Å². The van der Waals surface area contributed by atoms with Gasteiger partial charge in [-0.15, -0.1) is 0 Å². The average molecular weight is 509 g/mol. The van der Waals surface area contributed by atoms with Crippen LogP contribution in [-0.2, 0) is 4.79 Å². The predicted molar refractivity (Wildman–Crippen MR) is 121 cm³/mol. The van der Waals surface area contributed by atoms with Gasteiger partial charge < -0.3 is 16.4 Å². The first-order chi connectivity index (χ1) is 17.1. The van der Waals surface area contributed by atoms with Gasteiger partial charge in [0.2, 0.25) is 23.7 Å². The number of fused-ring (bicyclic) bond motifs is 1.